The number of ether oxygens (including phenoxy) is 1. The predicted octanol–water partition coefficient (Wildman–Crippen LogP) is 2.21. The van der Waals surface area contributed by atoms with Crippen LogP contribution in [0, 0.1) is 0 Å². The van der Waals surface area contributed by atoms with Crippen LogP contribution in [0.2, 0.25) is 0 Å². The van der Waals surface area contributed by atoms with Crippen molar-refractivity contribution in [2.24, 2.45) is 0 Å². The summed E-state index contributed by atoms with van der Waals surface area (Å²) < 4.78 is 5.12. The predicted molar refractivity (Wildman–Crippen MR) is 67.1 cm³/mol. The molecular weight excluding hydrogens is 238 g/mol. The molecule has 17 heavy (non-hydrogen) atoms. The molecule has 0 saturated heterocycles. The third kappa shape index (κ3) is 5.49. The molecule has 0 aliphatic heterocycles. The van der Waals surface area contributed by atoms with E-state index in [2.05, 4.69) is 5.32 Å². The van der Waals surface area contributed by atoms with E-state index >= 15 is 0 Å². The maximum atomic E-state index is 11.5. The lowest BCUT2D eigenvalue weighted by Crippen LogP contribution is -2.29. The van der Waals surface area contributed by atoms with E-state index in [1.807, 2.05) is 32.2 Å². The zero-order chi connectivity index (χ0) is 12.9. The Balaban J connectivity index is 2.24. The molecule has 1 aromatic heterocycles. The molecule has 1 amide bonds. The molecule has 5 heteroatoms. The minimum atomic E-state index is -0.477. The van der Waals surface area contributed by atoms with Gasteiger partial charge in [-0.2, -0.15) is 0 Å². The number of nitrogens with one attached hydrogen (secondary N) is 1. The number of carbonyl (C=O) groups excluding carboxylic acids is 2. The SMILES string of the molecule is CC(C)(C)OC(=O)CCNC(=O)c1cccs1. The zero-order valence-corrected chi connectivity index (χ0v) is 11.1. The maximum Gasteiger partial charge on any atom is 0.308 e. The van der Waals surface area contributed by atoms with Gasteiger partial charge in [-0.05, 0) is 32.2 Å². The summed E-state index contributed by atoms with van der Waals surface area (Å²) in [5, 5.41) is 4.51. The normalized spacial score (nSPS) is 11.0. The highest BCUT2D eigenvalue weighted by molar-refractivity contribution is 7.12. The Labute approximate surface area is 105 Å². The van der Waals surface area contributed by atoms with Crippen molar-refractivity contribution in [2.45, 2.75) is 32.8 Å². The van der Waals surface area contributed by atoms with Crippen molar-refractivity contribution < 1.29 is 14.3 Å². The fourth-order valence-corrected chi connectivity index (χ4v) is 1.81. The largest absolute Gasteiger partial charge is 0.460 e. The summed E-state index contributed by atoms with van der Waals surface area (Å²) in [4.78, 5) is 23.5. The maximum absolute atomic E-state index is 11.5. The molecule has 0 fully saturated rings. The van der Waals surface area contributed by atoms with Crippen molar-refractivity contribution in [3.63, 3.8) is 0 Å². The Morgan fingerprint density at radius 3 is 2.65 bits per heavy atom. The smallest absolute Gasteiger partial charge is 0.308 e. The first-order chi connectivity index (χ1) is 7.88. The van der Waals surface area contributed by atoms with Crippen LogP contribution in [0.4, 0.5) is 0 Å². The summed E-state index contributed by atoms with van der Waals surface area (Å²) in [5.74, 6) is -0.451. The van der Waals surface area contributed by atoms with Gasteiger partial charge in [0, 0.05) is 6.54 Å². The summed E-state index contributed by atoms with van der Waals surface area (Å²) in [7, 11) is 0. The van der Waals surface area contributed by atoms with Crippen molar-refractivity contribution >= 4 is 23.2 Å². The molecule has 94 valence electrons. The molecule has 0 aromatic carbocycles. The first-order valence-electron chi connectivity index (χ1n) is 5.42. The lowest BCUT2D eigenvalue weighted by molar-refractivity contribution is -0.154. The molecule has 1 rings (SSSR count). The van der Waals surface area contributed by atoms with Crippen molar-refractivity contribution in [2.75, 3.05) is 6.54 Å². The molecule has 0 unspecified atom stereocenters. The van der Waals surface area contributed by atoms with Crippen LogP contribution in [-0.4, -0.2) is 24.0 Å². The summed E-state index contributed by atoms with van der Waals surface area (Å²) >= 11 is 1.37. The fraction of sp³-hybridized carbons (Fsp3) is 0.500. The third-order valence-electron chi connectivity index (χ3n) is 1.78. The molecule has 0 aliphatic carbocycles. The standard InChI is InChI=1S/C12H17NO3S/c1-12(2,3)16-10(14)6-7-13-11(15)9-5-4-8-17-9/h4-5,8H,6-7H2,1-3H3,(H,13,15). The minimum absolute atomic E-state index is 0.149. The van der Waals surface area contributed by atoms with Crippen molar-refractivity contribution in [3.05, 3.63) is 22.4 Å². The minimum Gasteiger partial charge on any atom is -0.460 e. The second kappa shape index (κ2) is 5.82. The zero-order valence-electron chi connectivity index (χ0n) is 10.3. The van der Waals surface area contributed by atoms with Gasteiger partial charge in [-0.25, -0.2) is 0 Å². The summed E-state index contributed by atoms with van der Waals surface area (Å²) in [6, 6.07) is 3.56. The molecule has 1 aromatic rings. The van der Waals surface area contributed by atoms with Gasteiger partial charge in [-0.1, -0.05) is 6.07 Å². The van der Waals surface area contributed by atoms with E-state index in [1.165, 1.54) is 11.3 Å². The first kappa shape index (κ1) is 13.7. The third-order valence-corrected chi connectivity index (χ3v) is 2.65. The van der Waals surface area contributed by atoms with Crippen LogP contribution in [0.1, 0.15) is 36.9 Å². The fourth-order valence-electron chi connectivity index (χ4n) is 1.17. The topological polar surface area (TPSA) is 55.4 Å². The Morgan fingerprint density at radius 2 is 2.12 bits per heavy atom. The summed E-state index contributed by atoms with van der Waals surface area (Å²) in [5.41, 5.74) is -0.477. The van der Waals surface area contributed by atoms with E-state index < -0.39 is 5.60 Å². The van der Waals surface area contributed by atoms with Crippen LogP contribution in [0.15, 0.2) is 17.5 Å². The Morgan fingerprint density at radius 1 is 1.41 bits per heavy atom. The second-order valence-electron chi connectivity index (χ2n) is 4.57. The Hall–Kier alpha value is -1.36. The Kier molecular flexibility index (Phi) is 4.69. The van der Waals surface area contributed by atoms with Crippen LogP contribution in [0.5, 0.6) is 0 Å². The van der Waals surface area contributed by atoms with E-state index in [0.29, 0.717) is 11.4 Å². The number of thiophene rings is 1. The number of esters is 1. The van der Waals surface area contributed by atoms with Crippen molar-refractivity contribution in [3.8, 4) is 0 Å². The van der Waals surface area contributed by atoms with Gasteiger partial charge in [0.1, 0.15) is 5.60 Å². The Bertz CT molecular complexity index is 379. The number of rotatable bonds is 4. The molecular formula is C12H17NO3S. The van der Waals surface area contributed by atoms with Crippen LogP contribution < -0.4 is 5.32 Å². The van der Waals surface area contributed by atoms with Gasteiger partial charge in [0.05, 0.1) is 11.3 Å². The van der Waals surface area contributed by atoms with Crippen molar-refractivity contribution in [1.29, 1.82) is 0 Å². The molecule has 0 aliphatic rings. The van der Waals surface area contributed by atoms with Gasteiger partial charge in [0.2, 0.25) is 0 Å². The lowest BCUT2D eigenvalue weighted by atomic mass is 10.2. The quantitative estimate of drug-likeness (QED) is 0.839. The van der Waals surface area contributed by atoms with Gasteiger partial charge in [0.15, 0.2) is 0 Å². The van der Waals surface area contributed by atoms with E-state index in [9.17, 15) is 9.59 Å². The average Bonchev–Trinajstić information content (AvgIpc) is 2.66. The molecule has 0 atom stereocenters. The number of amides is 1. The van der Waals surface area contributed by atoms with E-state index in [4.69, 9.17) is 4.74 Å². The summed E-state index contributed by atoms with van der Waals surface area (Å²) in [6.45, 7) is 5.74. The first-order valence-corrected chi connectivity index (χ1v) is 6.30. The summed E-state index contributed by atoms with van der Waals surface area (Å²) in [6.07, 6.45) is 0.189. The molecule has 4 nitrogen and oxygen atoms in total. The highest BCUT2D eigenvalue weighted by Gasteiger charge is 2.16. The van der Waals surface area contributed by atoms with Crippen LogP contribution in [-0.2, 0) is 9.53 Å². The molecule has 1 heterocycles. The van der Waals surface area contributed by atoms with Crippen LogP contribution >= 0.6 is 11.3 Å². The van der Waals surface area contributed by atoms with Gasteiger partial charge in [0.25, 0.3) is 5.91 Å². The monoisotopic (exact) mass is 255 g/mol. The number of carbonyl (C=O) groups is 2. The van der Waals surface area contributed by atoms with Crippen LogP contribution in [0.3, 0.4) is 0 Å². The molecule has 1 N–H and O–H groups in total. The molecule has 0 bridgehead atoms. The average molecular weight is 255 g/mol. The van der Waals surface area contributed by atoms with Crippen LogP contribution in [0.25, 0.3) is 0 Å². The van der Waals surface area contributed by atoms with Crippen molar-refractivity contribution in [1.82, 2.24) is 5.32 Å². The van der Waals surface area contributed by atoms with E-state index in [1.54, 1.807) is 6.07 Å². The second-order valence-corrected chi connectivity index (χ2v) is 5.52. The van der Waals surface area contributed by atoms with Gasteiger partial charge in [-0.3, -0.25) is 9.59 Å². The van der Waals surface area contributed by atoms with Gasteiger partial charge >= 0.3 is 5.97 Å². The van der Waals surface area contributed by atoms with Gasteiger partial charge < -0.3 is 10.1 Å². The van der Waals surface area contributed by atoms with Gasteiger partial charge in [-0.15, -0.1) is 11.3 Å². The number of hydrogen-bond donors (Lipinski definition) is 1. The van der Waals surface area contributed by atoms with E-state index in [-0.39, 0.29) is 18.3 Å². The molecule has 0 saturated carbocycles. The molecule has 0 radical (unpaired) electrons. The number of hydrogen-bond acceptors (Lipinski definition) is 4. The highest BCUT2D eigenvalue weighted by Crippen LogP contribution is 2.09. The lowest BCUT2D eigenvalue weighted by Gasteiger charge is -2.19. The highest BCUT2D eigenvalue weighted by atomic mass is 32.1. The molecule has 0 spiro atoms. The van der Waals surface area contributed by atoms with E-state index in [0.717, 1.165) is 0 Å².